The maximum Gasteiger partial charge on any atom is 0.364 e. The molecule has 2 saturated heterocycles. The van der Waals surface area contributed by atoms with Gasteiger partial charge in [0.15, 0.2) is 6.29 Å². The van der Waals surface area contributed by atoms with Crippen LogP contribution in [0.4, 0.5) is 0 Å². The molecule has 0 bridgehead atoms. The molecule has 27 nitrogen and oxygen atoms in total. The van der Waals surface area contributed by atoms with Gasteiger partial charge in [0, 0.05) is 13.0 Å². The summed E-state index contributed by atoms with van der Waals surface area (Å²) in [5.41, 5.74) is 5.33. The van der Waals surface area contributed by atoms with E-state index in [9.17, 15) is 50.8 Å². The van der Waals surface area contributed by atoms with Crippen molar-refractivity contribution in [3.63, 3.8) is 0 Å². The normalized spacial score (nSPS) is 26.3. The second-order valence-corrected chi connectivity index (χ2v) is 14.9. The molecule has 2 aliphatic rings. The van der Waals surface area contributed by atoms with E-state index < -0.39 is 92.6 Å². The van der Waals surface area contributed by atoms with Crippen LogP contribution in [0.3, 0.4) is 0 Å². The largest absolute Gasteiger partial charge is 0.477 e. The third kappa shape index (κ3) is 26.2. The Labute approximate surface area is 396 Å². The molecular weight excluding hydrogens is 922 g/mol. The number of carboxylic acid groups (broad SMARTS) is 1. The molecule has 2 heterocycles. The summed E-state index contributed by atoms with van der Waals surface area (Å²) in [7, 11) is 0. The predicted molar refractivity (Wildman–Crippen MR) is 228 cm³/mol. The van der Waals surface area contributed by atoms with E-state index in [1.165, 1.54) is 0 Å². The van der Waals surface area contributed by atoms with Gasteiger partial charge in [0.2, 0.25) is 0 Å². The number of aliphatic carboxylic acids is 1. The third-order valence-corrected chi connectivity index (χ3v) is 9.78. The number of nitrogens with two attached hydrogens (primary N) is 1. The van der Waals surface area contributed by atoms with E-state index in [1.807, 2.05) is 0 Å². The molecule has 0 aromatic rings. The number of rotatable bonds is 46. The summed E-state index contributed by atoms with van der Waals surface area (Å²) < 4.78 is 87.1. The summed E-state index contributed by atoms with van der Waals surface area (Å²) in [5.74, 6) is -4.22. The molecule has 11 atom stereocenters. The fourth-order valence-electron chi connectivity index (χ4n) is 6.24. The first kappa shape index (κ1) is 62.6. The van der Waals surface area contributed by atoms with Crippen LogP contribution in [-0.2, 0) is 80.6 Å². The summed E-state index contributed by atoms with van der Waals surface area (Å²) in [4.78, 5) is 12.4. The highest BCUT2D eigenvalue weighted by Crippen LogP contribution is 2.36. The zero-order chi connectivity index (χ0) is 49.7. The highest BCUT2D eigenvalue weighted by molar-refractivity contribution is 5.76. The van der Waals surface area contributed by atoms with Crippen LogP contribution >= 0.6 is 0 Å². The van der Waals surface area contributed by atoms with Gasteiger partial charge in [-0.2, -0.15) is 0 Å². The molecule has 2 aliphatic heterocycles. The van der Waals surface area contributed by atoms with Gasteiger partial charge < -0.3 is 127 Å². The van der Waals surface area contributed by atoms with Gasteiger partial charge in [-0.1, -0.05) is 0 Å². The third-order valence-electron chi connectivity index (χ3n) is 9.78. The van der Waals surface area contributed by atoms with Crippen molar-refractivity contribution in [2.75, 3.05) is 185 Å². The minimum absolute atomic E-state index is 0.115. The molecule has 2 fully saturated rings. The van der Waals surface area contributed by atoms with Crippen LogP contribution in [0.15, 0.2) is 0 Å². The zero-order valence-corrected chi connectivity index (χ0v) is 38.8. The number of aliphatic hydroxyl groups is 8. The first-order chi connectivity index (χ1) is 33.0. The van der Waals surface area contributed by atoms with Gasteiger partial charge in [0.05, 0.1) is 184 Å². The Morgan fingerprint density at radius 1 is 0.500 bits per heavy atom. The summed E-state index contributed by atoms with van der Waals surface area (Å²) in [6.07, 6.45) is -18.9. The van der Waals surface area contributed by atoms with Gasteiger partial charge in [0.1, 0.15) is 48.8 Å². The number of hydrogen-bond acceptors (Lipinski definition) is 26. The lowest BCUT2D eigenvalue weighted by Crippen LogP contribution is -2.67. The zero-order valence-electron chi connectivity index (χ0n) is 38.8. The van der Waals surface area contributed by atoms with E-state index in [1.54, 1.807) is 0 Å². The topological polar surface area (TPSA) is 373 Å². The lowest BCUT2D eigenvalue weighted by molar-refractivity contribution is -0.370. The molecule has 0 aromatic heterocycles. The van der Waals surface area contributed by atoms with Crippen molar-refractivity contribution in [2.24, 2.45) is 5.73 Å². The predicted octanol–water partition coefficient (Wildman–Crippen LogP) is -6.01. The van der Waals surface area contributed by atoms with Crippen molar-refractivity contribution in [3.05, 3.63) is 0 Å². The molecule has 27 heteroatoms. The van der Waals surface area contributed by atoms with Crippen molar-refractivity contribution in [1.82, 2.24) is 0 Å². The van der Waals surface area contributed by atoms with E-state index in [0.717, 1.165) is 0 Å². The van der Waals surface area contributed by atoms with E-state index in [2.05, 4.69) is 0 Å². The van der Waals surface area contributed by atoms with E-state index in [-0.39, 0.29) is 33.0 Å². The van der Waals surface area contributed by atoms with Crippen molar-refractivity contribution in [2.45, 2.75) is 73.4 Å². The number of ether oxygens (including phenoxy) is 16. The molecule has 68 heavy (non-hydrogen) atoms. The maximum absolute atomic E-state index is 12.4. The molecule has 0 spiro atoms. The quantitative estimate of drug-likeness (QED) is 0.0254. The monoisotopic (exact) mass is 1000 g/mol. The van der Waals surface area contributed by atoms with Gasteiger partial charge in [-0.05, 0) is 0 Å². The molecule has 3 unspecified atom stereocenters. The van der Waals surface area contributed by atoms with Crippen LogP contribution in [0.25, 0.3) is 0 Å². The van der Waals surface area contributed by atoms with Crippen LogP contribution in [0.2, 0.25) is 0 Å². The van der Waals surface area contributed by atoms with E-state index >= 15 is 0 Å². The van der Waals surface area contributed by atoms with Crippen molar-refractivity contribution in [3.8, 4) is 0 Å². The van der Waals surface area contributed by atoms with Gasteiger partial charge in [-0.25, -0.2) is 4.79 Å². The summed E-state index contributed by atoms with van der Waals surface area (Å²) in [5, 5.41) is 91.3. The Hall–Kier alpha value is -1.53. The fraction of sp³-hybridized carbons (Fsp3) is 0.976. The average Bonchev–Trinajstić information content (AvgIpc) is 3.33. The van der Waals surface area contributed by atoms with Crippen LogP contribution < -0.4 is 5.73 Å². The smallest absolute Gasteiger partial charge is 0.364 e. The van der Waals surface area contributed by atoms with E-state index in [0.29, 0.717) is 139 Å². The molecular formula is C41H79NO26. The standard InChI is InChI=1S/C41H79NO26/c42-1-2-53-3-4-54-5-6-55-7-8-56-9-10-57-11-12-58-13-14-59-15-16-60-17-18-61-19-20-62-21-22-63-23-24-64-25-26-65-41(40(51)52)27-30(45)37(38(68-41)32(47)29-44)67-39-35(50)33(48)34(49)36(66-39)31(46)28-43/h30-39,43-50H,1-29,42H2,(H,51,52)/t30-,31+,32-,33+,34+,35?,36?,37-,38?,39-,41-/m1/s1. The SMILES string of the molecule is NCCOCCOCCOCCOCCOCCOCCOCCOCCOCCOCCOCCOCCO[C@]1(C(=O)O)C[C@@H](O)[C@@H](O[C@H]2OC([C@@H](O)CO)[C@@H](O)[C@H](O)C2O)C([C@H](O)CO)O1. The second kappa shape index (κ2) is 40.0. The van der Waals surface area contributed by atoms with Crippen molar-refractivity contribution >= 4 is 5.97 Å². The Balaban J connectivity index is 1.39. The van der Waals surface area contributed by atoms with Gasteiger partial charge in [-0.15, -0.1) is 0 Å². The number of carbonyl (C=O) groups is 1. The Morgan fingerprint density at radius 2 is 0.824 bits per heavy atom. The van der Waals surface area contributed by atoms with E-state index in [4.69, 9.17) is 81.5 Å². The molecule has 11 N–H and O–H groups in total. The van der Waals surface area contributed by atoms with Crippen LogP contribution in [0.5, 0.6) is 0 Å². The van der Waals surface area contributed by atoms with Gasteiger partial charge >= 0.3 is 5.97 Å². The molecule has 0 radical (unpaired) electrons. The Bertz CT molecular complexity index is 1190. The Morgan fingerprint density at radius 3 is 1.15 bits per heavy atom. The molecule has 0 aliphatic carbocycles. The average molecular weight is 1000 g/mol. The minimum atomic E-state index is -2.54. The highest BCUT2D eigenvalue weighted by Gasteiger charge is 2.57. The maximum atomic E-state index is 12.4. The first-order valence-electron chi connectivity index (χ1n) is 22.8. The lowest BCUT2D eigenvalue weighted by Gasteiger charge is -2.48. The van der Waals surface area contributed by atoms with Crippen LogP contribution in [-0.4, -0.2) is 304 Å². The lowest BCUT2D eigenvalue weighted by atomic mass is 9.91. The molecule has 0 saturated carbocycles. The second-order valence-electron chi connectivity index (χ2n) is 14.9. The summed E-state index contributed by atoms with van der Waals surface area (Å²) in [6, 6.07) is 0. The highest BCUT2D eigenvalue weighted by atomic mass is 16.8. The molecule has 0 amide bonds. The van der Waals surface area contributed by atoms with Gasteiger partial charge in [-0.3, -0.25) is 0 Å². The minimum Gasteiger partial charge on any atom is -0.477 e. The molecule has 0 aromatic carbocycles. The van der Waals surface area contributed by atoms with Crippen LogP contribution in [0, 0.1) is 0 Å². The fourth-order valence-corrected chi connectivity index (χ4v) is 6.24. The summed E-state index contributed by atoms with van der Waals surface area (Å²) in [6.45, 7) is 7.67. The number of hydrogen-bond donors (Lipinski definition) is 10. The molecule has 2 rings (SSSR count). The summed E-state index contributed by atoms with van der Waals surface area (Å²) >= 11 is 0. The number of carboxylic acids is 1. The number of aliphatic hydroxyl groups excluding tert-OH is 8. The van der Waals surface area contributed by atoms with Crippen molar-refractivity contribution < 1.29 is 127 Å². The molecule has 404 valence electrons. The van der Waals surface area contributed by atoms with Crippen molar-refractivity contribution in [1.29, 1.82) is 0 Å². The first-order valence-corrected chi connectivity index (χ1v) is 22.8. The van der Waals surface area contributed by atoms with Crippen LogP contribution in [0.1, 0.15) is 6.42 Å². The van der Waals surface area contributed by atoms with Gasteiger partial charge in [0.25, 0.3) is 5.79 Å². The Kier molecular flexibility index (Phi) is 36.8.